The SMILES string of the molecule is CCCCCCC/C=C/C(=O)OCCCC(NCCN(C)C)C(=O)NCCCCCCCC/C=C\CCCCCCCC. The maximum Gasteiger partial charge on any atom is 0.330 e. The van der Waals surface area contributed by atoms with E-state index in [1.807, 2.05) is 20.2 Å². The van der Waals surface area contributed by atoms with E-state index in [0.29, 0.717) is 19.4 Å². The molecule has 1 atom stereocenters. The third kappa shape index (κ3) is 31.6. The van der Waals surface area contributed by atoms with Crippen molar-refractivity contribution in [2.45, 2.75) is 161 Å². The third-order valence-electron chi connectivity index (χ3n) is 7.86. The molecule has 1 unspecified atom stereocenters. The second-order valence-corrected chi connectivity index (χ2v) is 12.5. The summed E-state index contributed by atoms with van der Waals surface area (Å²) >= 11 is 0. The molecule has 0 radical (unpaired) electrons. The number of carbonyl (C=O) groups is 2. The Morgan fingerprint density at radius 2 is 1.16 bits per heavy atom. The van der Waals surface area contributed by atoms with Crippen LogP contribution in [0.5, 0.6) is 0 Å². The lowest BCUT2D eigenvalue weighted by atomic mass is 10.1. The van der Waals surface area contributed by atoms with E-state index in [1.54, 1.807) is 6.08 Å². The second kappa shape index (κ2) is 33.2. The van der Waals surface area contributed by atoms with Gasteiger partial charge in [-0.2, -0.15) is 0 Å². The first-order chi connectivity index (χ1) is 21.0. The summed E-state index contributed by atoms with van der Waals surface area (Å²) in [4.78, 5) is 26.9. The van der Waals surface area contributed by atoms with Gasteiger partial charge in [0.1, 0.15) is 0 Å². The lowest BCUT2D eigenvalue weighted by molar-refractivity contribution is -0.137. The Labute approximate surface area is 267 Å². The molecular formula is C37H71N3O3. The van der Waals surface area contributed by atoms with Crippen LogP contribution < -0.4 is 10.6 Å². The Bertz CT molecular complexity index is 678. The van der Waals surface area contributed by atoms with Crippen LogP contribution in [0, 0.1) is 0 Å². The molecule has 0 spiro atoms. The number of allylic oxidation sites excluding steroid dienone is 3. The molecule has 0 aliphatic carbocycles. The van der Waals surface area contributed by atoms with Gasteiger partial charge in [0, 0.05) is 25.7 Å². The Balaban J connectivity index is 3.96. The molecule has 0 rings (SSSR count). The molecule has 0 aromatic heterocycles. The van der Waals surface area contributed by atoms with Gasteiger partial charge in [0.15, 0.2) is 0 Å². The molecule has 43 heavy (non-hydrogen) atoms. The van der Waals surface area contributed by atoms with Crippen molar-refractivity contribution in [3.8, 4) is 0 Å². The number of nitrogens with zero attached hydrogens (tertiary/aromatic N) is 1. The first-order valence-corrected chi connectivity index (χ1v) is 18.1. The number of hydrogen-bond acceptors (Lipinski definition) is 5. The molecular weight excluding hydrogens is 534 g/mol. The quantitative estimate of drug-likeness (QED) is 0.0347. The molecule has 252 valence electrons. The van der Waals surface area contributed by atoms with Gasteiger partial charge >= 0.3 is 5.97 Å². The summed E-state index contributed by atoms with van der Waals surface area (Å²) < 4.78 is 5.36. The van der Waals surface area contributed by atoms with Crippen molar-refractivity contribution in [3.05, 3.63) is 24.3 Å². The first kappa shape index (κ1) is 41.3. The average molecular weight is 606 g/mol. The predicted molar refractivity (Wildman–Crippen MR) is 186 cm³/mol. The minimum Gasteiger partial charge on any atom is -0.463 e. The smallest absolute Gasteiger partial charge is 0.330 e. The average Bonchev–Trinajstić information content (AvgIpc) is 2.99. The summed E-state index contributed by atoms with van der Waals surface area (Å²) in [6.07, 6.45) is 34.6. The molecule has 6 heteroatoms. The van der Waals surface area contributed by atoms with Crippen LogP contribution in [0.4, 0.5) is 0 Å². The van der Waals surface area contributed by atoms with Gasteiger partial charge in [0.05, 0.1) is 12.6 Å². The molecule has 6 nitrogen and oxygen atoms in total. The van der Waals surface area contributed by atoms with E-state index in [9.17, 15) is 9.59 Å². The highest BCUT2D eigenvalue weighted by Gasteiger charge is 2.17. The summed E-state index contributed by atoms with van der Waals surface area (Å²) in [6, 6.07) is -0.258. The predicted octanol–water partition coefficient (Wildman–Crippen LogP) is 8.90. The number of unbranched alkanes of at least 4 members (excludes halogenated alkanes) is 17. The highest BCUT2D eigenvalue weighted by molar-refractivity contribution is 5.82. The molecule has 0 heterocycles. The molecule has 1 amide bonds. The maximum absolute atomic E-state index is 12.9. The van der Waals surface area contributed by atoms with E-state index in [2.05, 4.69) is 41.5 Å². The number of amides is 1. The molecule has 0 bridgehead atoms. The van der Waals surface area contributed by atoms with Crippen LogP contribution in [0.1, 0.15) is 155 Å². The first-order valence-electron chi connectivity index (χ1n) is 18.1. The van der Waals surface area contributed by atoms with Crippen LogP contribution in [-0.4, -0.2) is 63.2 Å². The lowest BCUT2D eigenvalue weighted by Crippen LogP contribution is -2.46. The second-order valence-electron chi connectivity index (χ2n) is 12.5. The van der Waals surface area contributed by atoms with Crippen molar-refractivity contribution < 1.29 is 14.3 Å². The summed E-state index contributed by atoms with van der Waals surface area (Å²) in [7, 11) is 4.06. The topological polar surface area (TPSA) is 70.7 Å². The van der Waals surface area contributed by atoms with Crippen LogP contribution in [0.25, 0.3) is 0 Å². The fourth-order valence-corrected chi connectivity index (χ4v) is 5.05. The molecule has 0 saturated heterocycles. The fraction of sp³-hybridized carbons (Fsp3) is 0.838. The van der Waals surface area contributed by atoms with Crippen LogP contribution in [0.3, 0.4) is 0 Å². The van der Waals surface area contributed by atoms with Crippen molar-refractivity contribution in [1.29, 1.82) is 0 Å². The highest BCUT2D eigenvalue weighted by Crippen LogP contribution is 2.10. The monoisotopic (exact) mass is 606 g/mol. The van der Waals surface area contributed by atoms with E-state index in [-0.39, 0.29) is 17.9 Å². The highest BCUT2D eigenvalue weighted by atomic mass is 16.5. The Morgan fingerprint density at radius 1 is 0.651 bits per heavy atom. The minimum absolute atomic E-state index is 0.0563. The zero-order chi connectivity index (χ0) is 31.6. The van der Waals surface area contributed by atoms with Gasteiger partial charge in [0.2, 0.25) is 5.91 Å². The van der Waals surface area contributed by atoms with Gasteiger partial charge in [-0.15, -0.1) is 0 Å². The summed E-state index contributed by atoms with van der Waals surface area (Å²) in [5.74, 6) is -0.226. The van der Waals surface area contributed by atoms with Gasteiger partial charge in [-0.1, -0.05) is 116 Å². The van der Waals surface area contributed by atoms with Crippen LogP contribution in [-0.2, 0) is 14.3 Å². The van der Waals surface area contributed by atoms with E-state index >= 15 is 0 Å². The Kier molecular flexibility index (Phi) is 32.0. The van der Waals surface area contributed by atoms with Crippen molar-refractivity contribution in [1.82, 2.24) is 15.5 Å². The number of hydrogen-bond donors (Lipinski definition) is 2. The van der Waals surface area contributed by atoms with Gasteiger partial charge in [-0.3, -0.25) is 4.79 Å². The fourth-order valence-electron chi connectivity index (χ4n) is 5.05. The summed E-state index contributed by atoms with van der Waals surface area (Å²) in [6.45, 7) is 7.17. The summed E-state index contributed by atoms with van der Waals surface area (Å²) in [5.41, 5.74) is 0. The van der Waals surface area contributed by atoms with Crippen molar-refractivity contribution >= 4 is 11.9 Å². The largest absolute Gasteiger partial charge is 0.463 e. The van der Waals surface area contributed by atoms with Gasteiger partial charge < -0.3 is 20.3 Å². The van der Waals surface area contributed by atoms with E-state index in [1.165, 1.54) is 103 Å². The minimum atomic E-state index is -0.282. The molecule has 0 saturated carbocycles. The maximum atomic E-state index is 12.9. The lowest BCUT2D eigenvalue weighted by Gasteiger charge is -2.20. The van der Waals surface area contributed by atoms with Gasteiger partial charge in [0.25, 0.3) is 0 Å². The standard InChI is InChI=1S/C37H71N3O3/c1-5-7-9-11-13-14-15-16-17-18-19-20-21-23-25-27-31-39-37(42)35(38-32-33-40(3)4)29-28-34-43-36(41)30-26-24-22-12-10-8-6-2/h16-17,26,30,35,38H,5-15,18-25,27-29,31-34H2,1-4H3,(H,39,42)/b17-16-,30-26+. The summed E-state index contributed by atoms with van der Waals surface area (Å²) in [5, 5.41) is 6.52. The number of carbonyl (C=O) groups excluding carboxylic acids is 2. The number of ether oxygens (including phenoxy) is 1. The van der Waals surface area contributed by atoms with E-state index in [4.69, 9.17) is 4.74 Å². The zero-order valence-electron chi connectivity index (χ0n) is 28.9. The molecule has 0 fully saturated rings. The van der Waals surface area contributed by atoms with Gasteiger partial charge in [-0.25, -0.2) is 4.79 Å². The molecule has 0 aromatic rings. The normalized spacial score (nSPS) is 12.5. The van der Waals surface area contributed by atoms with E-state index in [0.717, 1.165) is 45.3 Å². The van der Waals surface area contributed by atoms with Crippen LogP contribution in [0.15, 0.2) is 24.3 Å². The molecule has 0 aromatic carbocycles. The Morgan fingerprint density at radius 3 is 1.72 bits per heavy atom. The number of likely N-dealkylation sites (N-methyl/N-ethyl adjacent to an activating group) is 1. The van der Waals surface area contributed by atoms with Crippen molar-refractivity contribution in [2.75, 3.05) is 40.3 Å². The zero-order valence-corrected chi connectivity index (χ0v) is 28.9. The number of esters is 1. The van der Waals surface area contributed by atoms with Crippen molar-refractivity contribution in [3.63, 3.8) is 0 Å². The van der Waals surface area contributed by atoms with Gasteiger partial charge in [-0.05, 0) is 71.9 Å². The van der Waals surface area contributed by atoms with Crippen molar-refractivity contribution in [2.24, 2.45) is 0 Å². The number of rotatable bonds is 32. The van der Waals surface area contributed by atoms with Crippen LogP contribution >= 0.6 is 0 Å². The number of nitrogens with one attached hydrogen (secondary N) is 2. The molecule has 0 aliphatic rings. The van der Waals surface area contributed by atoms with Crippen LogP contribution in [0.2, 0.25) is 0 Å². The third-order valence-corrected chi connectivity index (χ3v) is 7.86. The molecule has 2 N–H and O–H groups in total. The Hall–Kier alpha value is -1.66. The van der Waals surface area contributed by atoms with E-state index < -0.39 is 0 Å². The molecule has 0 aliphatic heterocycles.